The first-order valence-corrected chi connectivity index (χ1v) is 7.82. The lowest BCUT2D eigenvalue weighted by molar-refractivity contribution is 0.171. The standard InChI is InChI=1S/C19H16O7/c1-21-10-4-5-13(22-2)11(6-10)12-8-24-14-7-15-18(26-9-25-15)19(23-3)16(14)17(12)20/h4-8H,9H2,1-3H3. The van der Waals surface area contributed by atoms with Crippen LogP contribution in [0.5, 0.6) is 28.7 Å². The molecule has 134 valence electrons. The van der Waals surface area contributed by atoms with Gasteiger partial charge in [-0.3, -0.25) is 4.79 Å². The van der Waals surface area contributed by atoms with Crippen molar-refractivity contribution in [1.82, 2.24) is 0 Å². The third-order valence-corrected chi connectivity index (χ3v) is 4.26. The maximum Gasteiger partial charge on any atom is 0.231 e. The molecule has 0 bridgehead atoms. The predicted molar refractivity (Wildman–Crippen MR) is 93.7 cm³/mol. The SMILES string of the molecule is COc1ccc(OC)c(-c2coc3cc4c(c(OC)c3c2=O)OCO4)c1. The number of hydrogen-bond donors (Lipinski definition) is 0. The van der Waals surface area contributed by atoms with Crippen LogP contribution in [0.4, 0.5) is 0 Å². The van der Waals surface area contributed by atoms with E-state index < -0.39 is 0 Å². The van der Waals surface area contributed by atoms with Crippen molar-refractivity contribution in [3.05, 3.63) is 40.8 Å². The number of hydrogen-bond acceptors (Lipinski definition) is 7. The van der Waals surface area contributed by atoms with Crippen molar-refractivity contribution >= 4 is 11.0 Å². The highest BCUT2D eigenvalue weighted by Crippen LogP contribution is 2.45. The fraction of sp³-hybridized carbons (Fsp3) is 0.211. The van der Waals surface area contributed by atoms with Gasteiger partial charge in [0.1, 0.15) is 28.7 Å². The summed E-state index contributed by atoms with van der Waals surface area (Å²) in [6.07, 6.45) is 1.39. The summed E-state index contributed by atoms with van der Waals surface area (Å²) in [4.78, 5) is 13.2. The highest BCUT2D eigenvalue weighted by Gasteiger charge is 2.26. The molecular formula is C19H16O7. The topological polar surface area (TPSA) is 76.4 Å². The molecule has 2 aromatic carbocycles. The Morgan fingerprint density at radius 3 is 2.54 bits per heavy atom. The van der Waals surface area contributed by atoms with Gasteiger partial charge in [-0.05, 0) is 18.2 Å². The molecule has 3 aromatic rings. The maximum absolute atomic E-state index is 13.2. The van der Waals surface area contributed by atoms with E-state index in [0.717, 1.165) is 0 Å². The van der Waals surface area contributed by atoms with Crippen LogP contribution in [0.2, 0.25) is 0 Å². The van der Waals surface area contributed by atoms with Gasteiger partial charge in [0.25, 0.3) is 0 Å². The highest BCUT2D eigenvalue weighted by molar-refractivity contribution is 5.92. The Balaban J connectivity index is 2.03. The average Bonchev–Trinajstić information content (AvgIpc) is 3.14. The Hall–Kier alpha value is -3.35. The molecule has 0 saturated heterocycles. The molecule has 26 heavy (non-hydrogen) atoms. The molecule has 0 radical (unpaired) electrons. The van der Waals surface area contributed by atoms with Crippen LogP contribution in [0, 0.1) is 0 Å². The molecule has 0 atom stereocenters. The third-order valence-electron chi connectivity index (χ3n) is 4.26. The lowest BCUT2D eigenvalue weighted by atomic mass is 10.0. The van der Waals surface area contributed by atoms with E-state index >= 15 is 0 Å². The first-order valence-electron chi connectivity index (χ1n) is 7.82. The van der Waals surface area contributed by atoms with Gasteiger partial charge in [-0.15, -0.1) is 0 Å². The Morgan fingerprint density at radius 1 is 0.962 bits per heavy atom. The third kappa shape index (κ3) is 2.32. The van der Waals surface area contributed by atoms with E-state index in [9.17, 15) is 4.79 Å². The lowest BCUT2D eigenvalue weighted by Gasteiger charge is -2.12. The molecule has 4 rings (SSSR count). The molecule has 1 aromatic heterocycles. The molecule has 0 saturated carbocycles. The Labute approximate surface area is 148 Å². The van der Waals surface area contributed by atoms with Crippen molar-refractivity contribution in [3.8, 4) is 39.9 Å². The molecule has 0 amide bonds. The second-order valence-corrected chi connectivity index (χ2v) is 5.56. The summed E-state index contributed by atoms with van der Waals surface area (Å²) in [7, 11) is 4.56. The molecule has 7 heteroatoms. The number of rotatable bonds is 4. The van der Waals surface area contributed by atoms with E-state index in [0.29, 0.717) is 39.7 Å². The Kier molecular flexibility index (Phi) is 3.84. The Bertz CT molecular complexity index is 1050. The van der Waals surface area contributed by atoms with Gasteiger partial charge in [-0.1, -0.05) is 0 Å². The summed E-state index contributed by atoms with van der Waals surface area (Å²) < 4.78 is 32.6. The van der Waals surface area contributed by atoms with Crippen LogP contribution in [0.15, 0.2) is 39.7 Å². The van der Waals surface area contributed by atoms with Gasteiger partial charge in [-0.25, -0.2) is 0 Å². The van der Waals surface area contributed by atoms with E-state index in [2.05, 4.69) is 0 Å². The maximum atomic E-state index is 13.2. The van der Waals surface area contributed by atoms with Gasteiger partial charge in [0.15, 0.2) is 11.5 Å². The van der Waals surface area contributed by atoms with Gasteiger partial charge >= 0.3 is 0 Å². The van der Waals surface area contributed by atoms with Crippen molar-refractivity contribution in [2.45, 2.75) is 0 Å². The monoisotopic (exact) mass is 356 g/mol. The van der Waals surface area contributed by atoms with E-state index in [1.54, 1.807) is 31.4 Å². The van der Waals surface area contributed by atoms with Gasteiger partial charge in [0.2, 0.25) is 18.0 Å². The van der Waals surface area contributed by atoms with Crippen LogP contribution in [0.1, 0.15) is 0 Å². The molecule has 0 unspecified atom stereocenters. The molecule has 1 aliphatic rings. The first-order chi connectivity index (χ1) is 12.7. The molecule has 1 aliphatic heterocycles. The zero-order chi connectivity index (χ0) is 18.3. The summed E-state index contributed by atoms with van der Waals surface area (Å²) in [6.45, 7) is 0.0623. The second kappa shape index (κ2) is 6.18. The van der Waals surface area contributed by atoms with E-state index in [1.807, 2.05) is 0 Å². The van der Waals surface area contributed by atoms with Crippen molar-refractivity contribution in [1.29, 1.82) is 0 Å². The van der Waals surface area contributed by atoms with Crippen molar-refractivity contribution < 1.29 is 28.1 Å². The summed E-state index contributed by atoms with van der Waals surface area (Å²) >= 11 is 0. The van der Waals surface area contributed by atoms with Gasteiger partial charge in [0.05, 0.1) is 26.9 Å². The molecule has 7 nitrogen and oxygen atoms in total. The van der Waals surface area contributed by atoms with Crippen LogP contribution in [0.25, 0.3) is 22.1 Å². The highest BCUT2D eigenvalue weighted by atomic mass is 16.7. The summed E-state index contributed by atoms with van der Waals surface area (Å²) in [5.74, 6) is 2.27. The van der Waals surface area contributed by atoms with Crippen molar-refractivity contribution in [2.75, 3.05) is 28.1 Å². The van der Waals surface area contributed by atoms with Gasteiger partial charge < -0.3 is 28.1 Å². The van der Waals surface area contributed by atoms with E-state index in [1.165, 1.54) is 20.5 Å². The van der Waals surface area contributed by atoms with Crippen LogP contribution in [-0.2, 0) is 0 Å². The number of ether oxygens (including phenoxy) is 5. The fourth-order valence-electron chi connectivity index (χ4n) is 3.01. The predicted octanol–water partition coefficient (Wildman–Crippen LogP) is 3.21. The molecular weight excluding hydrogens is 340 g/mol. The largest absolute Gasteiger partial charge is 0.497 e. The first kappa shape index (κ1) is 16.1. The number of methoxy groups -OCH3 is 3. The summed E-state index contributed by atoms with van der Waals surface area (Å²) in [5, 5.41) is 0.277. The molecule has 2 heterocycles. The van der Waals surface area contributed by atoms with E-state index in [4.69, 9.17) is 28.1 Å². The number of benzene rings is 2. The minimum Gasteiger partial charge on any atom is -0.497 e. The van der Waals surface area contributed by atoms with Gasteiger partial charge in [-0.2, -0.15) is 0 Å². The van der Waals surface area contributed by atoms with Crippen LogP contribution in [-0.4, -0.2) is 28.1 Å². The molecule has 0 spiro atoms. The van der Waals surface area contributed by atoms with E-state index in [-0.39, 0.29) is 23.4 Å². The number of fused-ring (bicyclic) bond motifs is 2. The molecule has 0 N–H and O–H groups in total. The van der Waals surface area contributed by atoms with Gasteiger partial charge in [0, 0.05) is 11.6 Å². The summed E-state index contributed by atoms with van der Waals surface area (Å²) in [6, 6.07) is 6.82. The normalized spacial score (nSPS) is 12.3. The second-order valence-electron chi connectivity index (χ2n) is 5.56. The molecule has 0 aliphatic carbocycles. The zero-order valence-corrected chi connectivity index (χ0v) is 14.5. The molecule has 0 fully saturated rings. The Morgan fingerprint density at radius 2 is 1.81 bits per heavy atom. The minimum atomic E-state index is -0.270. The average molecular weight is 356 g/mol. The fourth-order valence-corrected chi connectivity index (χ4v) is 3.01. The lowest BCUT2D eigenvalue weighted by Crippen LogP contribution is -2.07. The smallest absolute Gasteiger partial charge is 0.231 e. The van der Waals surface area contributed by atoms with Crippen LogP contribution in [0.3, 0.4) is 0 Å². The van der Waals surface area contributed by atoms with Crippen molar-refractivity contribution in [3.63, 3.8) is 0 Å². The zero-order valence-electron chi connectivity index (χ0n) is 14.5. The van der Waals surface area contributed by atoms with Crippen LogP contribution >= 0.6 is 0 Å². The van der Waals surface area contributed by atoms with Crippen LogP contribution < -0.4 is 29.1 Å². The quantitative estimate of drug-likeness (QED) is 0.710. The van der Waals surface area contributed by atoms with Crippen molar-refractivity contribution in [2.24, 2.45) is 0 Å². The summed E-state index contributed by atoms with van der Waals surface area (Å²) in [5.41, 5.74) is 0.960. The minimum absolute atomic E-state index is 0.0623.